The molecular formula is C15H17BrO2. The van der Waals surface area contributed by atoms with Gasteiger partial charge in [0, 0.05) is 4.47 Å². The summed E-state index contributed by atoms with van der Waals surface area (Å²) in [6.07, 6.45) is 4.19. The first kappa shape index (κ1) is 13.3. The fraction of sp³-hybridized carbons (Fsp3) is 0.400. The molecule has 0 saturated heterocycles. The smallest absolute Gasteiger partial charge is 0.309 e. The van der Waals surface area contributed by atoms with Crippen molar-refractivity contribution < 1.29 is 9.53 Å². The van der Waals surface area contributed by atoms with E-state index in [0.717, 1.165) is 10.0 Å². The Morgan fingerprint density at radius 2 is 1.94 bits per heavy atom. The van der Waals surface area contributed by atoms with E-state index in [4.69, 9.17) is 4.74 Å². The summed E-state index contributed by atoms with van der Waals surface area (Å²) >= 11 is 3.41. The Morgan fingerprint density at radius 3 is 2.50 bits per heavy atom. The maximum Gasteiger partial charge on any atom is 0.309 e. The number of hydrogen-bond donors (Lipinski definition) is 0. The molecule has 0 radical (unpaired) electrons. The molecule has 0 bridgehead atoms. The largest absolute Gasteiger partial charge is 0.469 e. The Morgan fingerprint density at radius 1 is 1.33 bits per heavy atom. The summed E-state index contributed by atoms with van der Waals surface area (Å²) in [5, 5.41) is 0. The van der Waals surface area contributed by atoms with Crippen LogP contribution in [0.15, 0.2) is 34.8 Å². The third kappa shape index (κ3) is 2.51. The summed E-state index contributed by atoms with van der Waals surface area (Å²) in [5.41, 5.74) is 1.16. The lowest BCUT2D eigenvalue weighted by molar-refractivity contribution is -0.143. The van der Waals surface area contributed by atoms with Crippen LogP contribution in [0.5, 0.6) is 0 Å². The van der Waals surface area contributed by atoms with Crippen molar-refractivity contribution in [3.63, 3.8) is 0 Å². The highest BCUT2D eigenvalue weighted by molar-refractivity contribution is 9.10. The number of allylic oxidation sites excluding steroid dienone is 1. The van der Waals surface area contributed by atoms with Crippen LogP contribution in [0.4, 0.5) is 0 Å². The average molecular weight is 309 g/mol. The second-order valence-corrected chi connectivity index (χ2v) is 6.17. The topological polar surface area (TPSA) is 26.3 Å². The van der Waals surface area contributed by atoms with Gasteiger partial charge in [0.25, 0.3) is 0 Å². The minimum atomic E-state index is -0.106. The molecule has 96 valence electrons. The summed E-state index contributed by atoms with van der Waals surface area (Å²) in [7, 11) is 1.45. The predicted molar refractivity (Wildman–Crippen MR) is 76.0 cm³/mol. The molecule has 0 amide bonds. The van der Waals surface area contributed by atoms with Crippen LogP contribution in [-0.4, -0.2) is 13.1 Å². The first-order valence-electron chi connectivity index (χ1n) is 5.98. The Labute approximate surface area is 116 Å². The molecule has 18 heavy (non-hydrogen) atoms. The summed E-state index contributed by atoms with van der Waals surface area (Å²) in [6, 6.07) is 8.11. The SMILES string of the molecule is COC(=O)[C@H]1[C@H](/C=C/c2ccc(Br)cc2)C1(C)C. The summed E-state index contributed by atoms with van der Waals surface area (Å²) < 4.78 is 5.90. The summed E-state index contributed by atoms with van der Waals surface area (Å²) in [6.45, 7) is 4.20. The van der Waals surface area contributed by atoms with Crippen LogP contribution in [0, 0.1) is 17.3 Å². The quantitative estimate of drug-likeness (QED) is 0.791. The van der Waals surface area contributed by atoms with Crippen LogP contribution < -0.4 is 0 Å². The Balaban J connectivity index is 2.07. The molecule has 0 aliphatic heterocycles. The molecule has 0 spiro atoms. The van der Waals surface area contributed by atoms with E-state index in [9.17, 15) is 4.79 Å². The van der Waals surface area contributed by atoms with Crippen molar-refractivity contribution in [3.05, 3.63) is 40.4 Å². The monoisotopic (exact) mass is 308 g/mol. The van der Waals surface area contributed by atoms with E-state index in [0.29, 0.717) is 0 Å². The zero-order chi connectivity index (χ0) is 13.3. The second kappa shape index (κ2) is 4.88. The lowest BCUT2D eigenvalue weighted by atomic mass is 10.1. The molecule has 1 fully saturated rings. The fourth-order valence-electron chi connectivity index (χ4n) is 2.40. The molecule has 3 heteroatoms. The fourth-order valence-corrected chi connectivity index (χ4v) is 2.67. The molecule has 1 aromatic rings. The van der Waals surface area contributed by atoms with Crippen LogP contribution in [0.25, 0.3) is 6.08 Å². The standard InChI is InChI=1S/C15H17BrO2/c1-15(2)12(13(15)14(17)18-3)9-6-10-4-7-11(16)8-5-10/h4-9,12-13H,1-3H3/b9-6+/t12-,13+/m0/s1. The number of rotatable bonds is 3. The number of benzene rings is 1. The molecule has 2 nitrogen and oxygen atoms in total. The van der Waals surface area contributed by atoms with Crippen molar-refractivity contribution in [2.24, 2.45) is 17.3 Å². The van der Waals surface area contributed by atoms with Gasteiger partial charge in [-0.25, -0.2) is 0 Å². The van der Waals surface area contributed by atoms with Gasteiger partial charge in [0.2, 0.25) is 0 Å². The van der Waals surface area contributed by atoms with Gasteiger partial charge in [-0.05, 0) is 29.0 Å². The number of carbonyl (C=O) groups excluding carboxylic acids is 1. The van der Waals surface area contributed by atoms with Gasteiger partial charge in [-0.15, -0.1) is 0 Å². The molecule has 0 N–H and O–H groups in total. The van der Waals surface area contributed by atoms with E-state index in [1.54, 1.807) is 0 Å². The van der Waals surface area contributed by atoms with E-state index >= 15 is 0 Å². The lowest BCUT2D eigenvalue weighted by Crippen LogP contribution is -2.07. The van der Waals surface area contributed by atoms with Gasteiger partial charge in [0.05, 0.1) is 13.0 Å². The molecule has 1 aromatic carbocycles. The number of carbonyl (C=O) groups is 1. The molecule has 1 saturated carbocycles. The average Bonchev–Trinajstić information content (AvgIpc) is 2.89. The maximum absolute atomic E-state index is 11.6. The van der Waals surface area contributed by atoms with Crippen molar-refractivity contribution >= 4 is 28.0 Å². The number of halogens is 1. The van der Waals surface area contributed by atoms with Gasteiger partial charge in [-0.2, -0.15) is 0 Å². The third-order valence-electron chi connectivity index (χ3n) is 3.73. The van der Waals surface area contributed by atoms with Crippen molar-refractivity contribution in [2.75, 3.05) is 7.11 Å². The third-order valence-corrected chi connectivity index (χ3v) is 4.26. The zero-order valence-corrected chi connectivity index (χ0v) is 12.4. The summed E-state index contributed by atoms with van der Waals surface area (Å²) in [5.74, 6) is 0.160. The van der Waals surface area contributed by atoms with E-state index < -0.39 is 0 Å². The highest BCUT2D eigenvalue weighted by Gasteiger charge is 2.61. The molecule has 2 rings (SSSR count). The number of hydrogen-bond acceptors (Lipinski definition) is 2. The van der Waals surface area contributed by atoms with Crippen molar-refractivity contribution in [2.45, 2.75) is 13.8 Å². The molecule has 0 aromatic heterocycles. The molecule has 1 aliphatic rings. The predicted octanol–water partition coefficient (Wildman–Crippen LogP) is 3.91. The van der Waals surface area contributed by atoms with Crippen LogP contribution in [0.2, 0.25) is 0 Å². The van der Waals surface area contributed by atoms with Gasteiger partial charge in [0.15, 0.2) is 0 Å². The van der Waals surface area contributed by atoms with E-state index in [-0.39, 0.29) is 23.2 Å². The van der Waals surface area contributed by atoms with Crippen molar-refractivity contribution in [3.8, 4) is 0 Å². The van der Waals surface area contributed by atoms with Gasteiger partial charge >= 0.3 is 5.97 Å². The number of ether oxygens (including phenoxy) is 1. The normalized spacial score (nSPS) is 25.1. The molecule has 0 heterocycles. The molecular weight excluding hydrogens is 292 g/mol. The van der Waals surface area contributed by atoms with Crippen LogP contribution >= 0.6 is 15.9 Å². The van der Waals surface area contributed by atoms with E-state index in [2.05, 4.69) is 41.9 Å². The van der Waals surface area contributed by atoms with Crippen molar-refractivity contribution in [1.82, 2.24) is 0 Å². The summed E-state index contributed by atoms with van der Waals surface area (Å²) in [4.78, 5) is 11.6. The second-order valence-electron chi connectivity index (χ2n) is 5.26. The molecule has 1 aliphatic carbocycles. The van der Waals surface area contributed by atoms with Crippen LogP contribution in [-0.2, 0) is 9.53 Å². The highest BCUT2D eigenvalue weighted by Crippen LogP contribution is 2.59. The number of esters is 1. The van der Waals surface area contributed by atoms with E-state index in [1.165, 1.54) is 7.11 Å². The molecule has 0 unspecified atom stereocenters. The van der Waals surface area contributed by atoms with Gasteiger partial charge < -0.3 is 4.74 Å². The first-order valence-corrected chi connectivity index (χ1v) is 6.77. The molecule has 2 atom stereocenters. The van der Waals surface area contributed by atoms with Gasteiger partial charge in [-0.1, -0.05) is 54.1 Å². The lowest BCUT2D eigenvalue weighted by Gasteiger charge is -1.99. The van der Waals surface area contributed by atoms with Gasteiger partial charge in [0.1, 0.15) is 0 Å². The Hall–Kier alpha value is -1.09. The highest BCUT2D eigenvalue weighted by atomic mass is 79.9. The minimum Gasteiger partial charge on any atom is -0.469 e. The van der Waals surface area contributed by atoms with Crippen molar-refractivity contribution in [1.29, 1.82) is 0 Å². The first-order chi connectivity index (χ1) is 8.46. The number of methoxy groups -OCH3 is 1. The maximum atomic E-state index is 11.6. The van der Waals surface area contributed by atoms with E-state index in [1.807, 2.05) is 24.3 Å². The van der Waals surface area contributed by atoms with Crippen LogP contribution in [0.1, 0.15) is 19.4 Å². The minimum absolute atomic E-state index is 0.00537. The Bertz CT molecular complexity index is 474. The Kier molecular flexibility index (Phi) is 3.62. The van der Waals surface area contributed by atoms with Gasteiger partial charge in [-0.3, -0.25) is 4.79 Å². The van der Waals surface area contributed by atoms with Crippen LogP contribution in [0.3, 0.4) is 0 Å². The zero-order valence-electron chi connectivity index (χ0n) is 10.8.